The van der Waals surface area contributed by atoms with Gasteiger partial charge in [0.1, 0.15) is 11.6 Å². The average Bonchev–Trinajstić information content (AvgIpc) is 2.39. The molecule has 3 nitrogen and oxygen atoms in total. The zero-order valence-corrected chi connectivity index (χ0v) is 10.7. The molecule has 1 N–H and O–H groups in total. The smallest absolute Gasteiger partial charge is 0.336 e. The molecule has 0 amide bonds. The van der Waals surface area contributed by atoms with Gasteiger partial charge in [-0.25, -0.2) is 9.18 Å². The average molecular weight is 281 g/mol. The van der Waals surface area contributed by atoms with Gasteiger partial charge >= 0.3 is 5.97 Å². The van der Waals surface area contributed by atoms with Crippen molar-refractivity contribution in [2.45, 2.75) is 0 Å². The Morgan fingerprint density at radius 1 is 1.21 bits per heavy atom. The van der Waals surface area contributed by atoms with E-state index in [9.17, 15) is 9.18 Å². The van der Waals surface area contributed by atoms with Crippen molar-refractivity contribution in [2.24, 2.45) is 0 Å². The first-order chi connectivity index (χ1) is 9.02. The van der Waals surface area contributed by atoms with E-state index in [4.69, 9.17) is 21.4 Å². The third kappa shape index (κ3) is 2.69. The fraction of sp³-hybridized carbons (Fsp3) is 0.0714. The van der Waals surface area contributed by atoms with Gasteiger partial charge in [-0.1, -0.05) is 17.7 Å². The van der Waals surface area contributed by atoms with Crippen molar-refractivity contribution in [2.75, 3.05) is 7.11 Å². The summed E-state index contributed by atoms with van der Waals surface area (Å²) in [6.07, 6.45) is 0. The molecule has 2 aromatic rings. The normalized spacial score (nSPS) is 10.3. The lowest BCUT2D eigenvalue weighted by molar-refractivity contribution is 0.0697. The maximum absolute atomic E-state index is 13.1. The molecule has 0 saturated heterocycles. The van der Waals surface area contributed by atoms with Gasteiger partial charge < -0.3 is 9.84 Å². The molecule has 0 radical (unpaired) electrons. The Kier molecular flexibility index (Phi) is 3.71. The van der Waals surface area contributed by atoms with Crippen LogP contribution in [0.3, 0.4) is 0 Å². The zero-order valence-electron chi connectivity index (χ0n) is 9.98. The van der Waals surface area contributed by atoms with E-state index in [1.807, 2.05) is 0 Å². The van der Waals surface area contributed by atoms with Gasteiger partial charge in [0, 0.05) is 10.6 Å². The molecule has 0 aromatic heterocycles. The molecule has 98 valence electrons. The van der Waals surface area contributed by atoms with Crippen LogP contribution in [0.1, 0.15) is 10.4 Å². The number of aromatic carboxylic acids is 1. The number of halogens is 2. The fourth-order valence-electron chi connectivity index (χ4n) is 1.77. The predicted octanol–water partition coefficient (Wildman–Crippen LogP) is 3.85. The molecule has 2 rings (SSSR count). The molecule has 0 spiro atoms. The number of rotatable bonds is 3. The van der Waals surface area contributed by atoms with E-state index in [1.54, 1.807) is 18.2 Å². The standard InChI is InChI=1S/C14H10ClFO3/c1-19-9-3-5-13(15)11(7-9)10-4-2-8(16)6-12(10)14(17)18/h2-7H,1H3,(H,17,18). The minimum Gasteiger partial charge on any atom is -0.497 e. The van der Waals surface area contributed by atoms with Crippen molar-refractivity contribution in [1.82, 2.24) is 0 Å². The molecule has 0 fully saturated rings. The Bertz CT molecular complexity index is 641. The summed E-state index contributed by atoms with van der Waals surface area (Å²) in [5, 5.41) is 9.50. The Balaban J connectivity index is 2.67. The van der Waals surface area contributed by atoms with Crippen molar-refractivity contribution < 1.29 is 19.0 Å². The monoisotopic (exact) mass is 280 g/mol. The van der Waals surface area contributed by atoms with Crippen LogP contribution >= 0.6 is 11.6 Å². The number of benzene rings is 2. The summed E-state index contributed by atoms with van der Waals surface area (Å²) in [6, 6.07) is 8.42. The number of hydrogen-bond acceptors (Lipinski definition) is 2. The van der Waals surface area contributed by atoms with Crippen molar-refractivity contribution >= 4 is 17.6 Å². The Morgan fingerprint density at radius 2 is 1.95 bits per heavy atom. The van der Waals surface area contributed by atoms with Gasteiger partial charge in [0.2, 0.25) is 0 Å². The van der Waals surface area contributed by atoms with Crippen LogP contribution in [0.25, 0.3) is 11.1 Å². The summed E-state index contributed by atoms with van der Waals surface area (Å²) in [5.41, 5.74) is 0.686. The Hall–Kier alpha value is -2.07. The van der Waals surface area contributed by atoms with Gasteiger partial charge in [0.15, 0.2) is 0 Å². The van der Waals surface area contributed by atoms with Crippen LogP contribution in [0.5, 0.6) is 5.75 Å². The van der Waals surface area contributed by atoms with E-state index in [-0.39, 0.29) is 5.56 Å². The van der Waals surface area contributed by atoms with Gasteiger partial charge in [-0.15, -0.1) is 0 Å². The minimum absolute atomic E-state index is 0.143. The summed E-state index contributed by atoms with van der Waals surface area (Å²) in [4.78, 5) is 11.2. The van der Waals surface area contributed by atoms with Gasteiger partial charge in [0.05, 0.1) is 12.7 Å². The van der Waals surface area contributed by atoms with Crippen molar-refractivity contribution in [3.05, 3.63) is 52.8 Å². The van der Waals surface area contributed by atoms with Crippen molar-refractivity contribution in [3.63, 3.8) is 0 Å². The number of hydrogen-bond donors (Lipinski definition) is 1. The maximum atomic E-state index is 13.1. The third-order valence-electron chi connectivity index (χ3n) is 2.68. The van der Waals surface area contributed by atoms with E-state index in [1.165, 1.54) is 19.2 Å². The Labute approximate surface area is 114 Å². The zero-order chi connectivity index (χ0) is 14.0. The first-order valence-electron chi connectivity index (χ1n) is 5.39. The summed E-state index contributed by atoms with van der Waals surface area (Å²) < 4.78 is 18.2. The van der Waals surface area contributed by atoms with Gasteiger partial charge in [-0.2, -0.15) is 0 Å². The van der Waals surface area contributed by atoms with E-state index in [2.05, 4.69) is 0 Å². The van der Waals surface area contributed by atoms with Crippen molar-refractivity contribution in [1.29, 1.82) is 0 Å². The number of ether oxygens (including phenoxy) is 1. The summed E-state index contributed by atoms with van der Waals surface area (Å²) in [6.45, 7) is 0. The molecule has 2 aromatic carbocycles. The lowest BCUT2D eigenvalue weighted by Gasteiger charge is -2.10. The molecule has 0 aliphatic heterocycles. The highest BCUT2D eigenvalue weighted by atomic mass is 35.5. The van der Waals surface area contributed by atoms with E-state index < -0.39 is 11.8 Å². The van der Waals surface area contributed by atoms with Crippen LogP contribution < -0.4 is 4.74 Å². The highest BCUT2D eigenvalue weighted by molar-refractivity contribution is 6.33. The topological polar surface area (TPSA) is 46.5 Å². The van der Waals surface area contributed by atoms with Gasteiger partial charge in [0.25, 0.3) is 0 Å². The van der Waals surface area contributed by atoms with Crippen LogP contribution in [0.15, 0.2) is 36.4 Å². The number of carboxylic acids is 1. The van der Waals surface area contributed by atoms with E-state index in [0.29, 0.717) is 21.9 Å². The molecule has 0 atom stereocenters. The maximum Gasteiger partial charge on any atom is 0.336 e. The SMILES string of the molecule is COc1ccc(Cl)c(-c2ccc(F)cc2C(=O)O)c1. The van der Waals surface area contributed by atoms with Crippen molar-refractivity contribution in [3.8, 4) is 16.9 Å². The van der Waals surface area contributed by atoms with Crippen LogP contribution in [-0.4, -0.2) is 18.2 Å². The molecule has 0 aliphatic carbocycles. The highest BCUT2D eigenvalue weighted by Crippen LogP contribution is 2.33. The van der Waals surface area contributed by atoms with E-state index >= 15 is 0 Å². The molecule has 5 heteroatoms. The number of carboxylic acid groups (broad SMARTS) is 1. The second-order valence-electron chi connectivity index (χ2n) is 3.84. The highest BCUT2D eigenvalue weighted by Gasteiger charge is 2.15. The minimum atomic E-state index is -1.21. The van der Waals surface area contributed by atoms with Crippen LogP contribution in [0.4, 0.5) is 4.39 Å². The molecule has 0 heterocycles. The molecular formula is C14H10ClFO3. The second-order valence-corrected chi connectivity index (χ2v) is 4.25. The summed E-state index contributed by atoms with van der Waals surface area (Å²) in [7, 11) is 1.50. The Morgan fingerprint density at radius 3 is 2.58 bits per heavy atom. The number of methoxy groups -OCH3 is 1. The number of carbonyl (C=O) groups is 1. The van der Waals surface area contributed by atoms with Gasteiger partial charge in [-0.05, 0) is 35.9 Å². The fourth-order valence-corrected chi connectivity index (χ4v) is 1.99. The van der Waals surface area contributed by atoms with E-state index in [0.717, 1.165) is 6.07 Å². The second kappa shape index (κ2) is 5.28. The third-order valence-corrected chi connectivity index (χ3v) is 3.01. The largest absolute Gasteiger partial charge is 0.497 e. The van der Waals surface area contributed by atoms with Crippen LogP contribution in [0, 0.1) is 5.82 Å². The molecule has 19 heavy (non-hydrogen) atoms. The van der Waals surface area contributed by atoms with Crippen LogP contribution in [-0.2, 0) is 0 Å². The first-order valence-corrected chi connectivity index (χ1v) is 5.77. The quantitative estimate of drug-likeness (QED) is 0.929. The summed E-state index contributed by atoms with van der Waals surface area (Å²) in [5.74, 6) is -1.28. The predicted molar refractivity (Wildman–Crippen MR) is 70.4 cm³/mol. The molecule has 0 aliphatic rings. The van der Waals surface area contributed by atoms with Gasteiger partial charge in [-0.3, -0.25) is 0 Å². The molecule has 0 unspecified atom stereocenters. The summed E-state index contributed by atoms with van der Waals surface area (Å²) >= 11 is 6.06. The molecular weight excluding hydrogens is 271 g/mol. The first kappa shape index (κ1) is 13.4. The molecule has 0 bridgehead atoms. The lowest BCUT2D eigenvalue weighted by Crippen LogP contribution is -2.01. The lowest BCUT2D eigenvalue weighted by atomic mass is 9.99. The van der Waals surface area contributed by atoms with Crippen LogP contribution in [0.2, 0.25) is 5.02 Å². The molecule has 0 saturated carbocycles.